The molecule has 0 radical (unpaired) electrons. The van der Waals surface area contributed by atoms with E-state index in [0.29, 0.717) is 0 Å². The Labute approximate surface area is 114 Å². The zero-order valence-electron chi connectivity index (χ0n) is 11.4. The van der Waals surface area contributed by atoms with Crippen LogP contribution in [0.25, 0.3) is 0 Å². The van der Waals surface area contributed by atoms with Gasteiger partial charge in [-0.2, -0.15) is 5.10 Å². The second kappa shape index (κ2) is 7.46. The van der Waals surface area contributed by atoms with E-state index >= 15 is 0 Å². The van der Waals surface area contributed by atoms with Crippen LogP contribution in [0, 0.1) is 0 Å². The lowest BCUT2D eigenvalue weighted by atomic mass is 10.2. The number of aromatic nitrogens is 2. The quantitative estimate of drug-likeness (QED) is 0.712. The molecule has 1 aromatic heterocycles. The summed E-state index contributed by atoms with van der Waals surface area (Å²) in [4.78, 5) is 0. The third kappa shape index (κ3) is 4.66. The average Bonchev–Trinajstić information content (AvgIpc) is 2.96. The molecule has 4 nitrogen and oxygen atoms in total. The molecule has 0 unspecified atom stereocenters. The van der Waals surface area contributed by atoms with Gasteiger partial charge in [0.25, 0.3) is 0 Å². The molecule has 0 spiro atoms. The van der Waals surface area contributed by atoms with Crippen molar-refractivity contribution in [1.82, 2.24) is 10.2 Å². The maximum Gasteiger partial charge on any atom is 0.119 e. The Morgan fingerprint density at radius 3 is 2.74 bits per heavy atom. The zero-order valence-corrected chi connectivity index (χ0v) is 11.4. The molecule has 0 saturated heterocycles. The topological polar surface area (TPSA) is 49.9 Å². The fourth-order valence-electron chi connectivity index (χ4n) is 1.80. The predicted molar refractivity (Wildman–Crippen MR) is 77.4 cm³/mol. The third-order valence-corrected chi connectivity index (χ3v) is 2.93. The summed E-state index contributed by atoms with van der Waals surface area (Å²) in [6, 6.07) is 8.22. The molecular weight excluding hydrogens is 238 g/mol. The molecule has 2 N–H and O–H groups in total. The maximum absolute atomic E-state index is 5.68. The van der Waals surface area contributed by atoms with E-state index in [0.717, 1.165) is 31.0 Å². The summed E-state index contributed by atoms with van der Waals surface area (Å²) in [7, 11) is 0. The molecule has 2 rings (SSSR count). The normalized spacial score (nSPS) is 10.4. The van der Waals surface area contributed by atoms with Gasteiger partial charge in [0.05, 0.1) is 18.5 Å². The lowest BCUT2D eigenvalue weighted by Gasteiger charge is -2.07. The van der Waals surface area contributed by atoms with E-state index in [2.05, 4.69) is 34.6 Å². The van der Waals surface area contributed by atoms with Crippen LogP contribution < -0.4 is 10.1 Å². The Morgan fingerprint density at radius 2 is 2.05 bits per heavy atom. The van der Waals surface area contributed by atoms with Gasteiger partial charge in [0.15, 0.2) is 0 Å². The molecule has 0 amide bonds. The second-order valence-electron chi connectivity index (χ2n) is 4.54. The molecule has 2 aromatic rings. The van der Waals surface area contributed by atoms with Crippen molar-refractivity contribution in [2.75, 3.05) is 11.9 Å². The van der Waals surface area contributed by atoms with Gasteiger partial charge in [0.1, 0.15) is 5.75 Å². The van der Waals surface area contributed by atoms with Crippen LogP contribution in [0.3, 0.4) is 0 Å². The van der Waals surface area contributed by atoms with Gasteiger partial charge in [-0.1, -0.05) is 31.9 Å². The third-order valence-electron chi connectivity index (χ3n) is 2.93. The molecule has 0 aliphatic heterocycles. The van der Waals surface area contributed by atoms with Crippen molar-refractivity contribution >= 4 is 5.69 Å². The summed E-state index contributed by atoms with van der Waals surface area (Å²) in [5.41, 5.74) is 2.22. The molecule has 0 bridgehead atoms. The van der Waals surface area contributed by atoms with Crippen LogP contribution in [0.5, 0.6) is 5.75 Å². The second-order valence-corrected chi connectivity index (χ2v) is 4.54. The van der Waals surface area contributed by atoms with Crippen molar-refractivity contribution in [3.63, 3.8) is 0 Å². The van der Waals surface area contributed by atoms with E-state index in [4.69, 9.17) is 4.74 Å². The Balaban J connectivity index is 1.74. The van der Waals surface area contributed by atoms with Crippen LogP contribution in [0.2, 0.25) is 0 Å². The Bertz CT molecular complexity index is 451. The number of H-pyrrole nitrogens is 1. The van der Waals surface area contributed by atoms with E-state index < -0.39 is 0 Å². The molecule has 0 atom stereocenters. The van der Waals surface area contributed by atoms with Crippen molar-refractivity contribution in [2.24, 2.45) is 0 Å². The molecule has 1 heterocycles. The highest BCUT2D eigenvalue weighted by Gasteiger charge is 1.97. The molecule has 0 saturated carbocycles. The Morgan fingerprint density at radius 1 is 1.21 bits per heavy atom. The van der Waals surface area contributed by atoms with Gasteiger partial charge >= 0.3 is 0 Å². The van der Waals surface area contributed by atoms with Crippen LogP contribution in [0.15, 0.2) is 36.7 Å². The van der Waals surface area contributed by atoms with E-state index in [1.807, 2.05) is 18.3 Å². The number of hydrogen-bond donors (Lipinski definition) is 2. The number of hydrogen-bond acceptors (Lipinski definition) is 3. The molecule has 19 heavy (non-hydrogen) atoms. The fraction of sp³-hybridized carbons (Fsp3) is 0.400. The van der Waals surface area contributed by atoms with Gasteiger partial charge < -0.3 is 10.1 Å². The van der Waals surface area contributed by atoms with Crippen molar-refractivity contribution in [2.45, 2.75) is 32.7 Å². The molecule has 102 valence electrons. The smallest absolute Gasteiger partial charge is 0.119 e. The SMILES string of the molecule is CCCCCOc1ccc(CNc2cn[nH]c2)cc1. The fourth-order valence-corrected chi connectivity index (χ4v) is 1.80. The van der Waals surface area contributed by atoms with Gasteiger partial charge in [-0.25, -0.2) is 0 Å². The van der Waals surface area contributed by atoms with Crippen LogP contribution in [0.4, 0.5) is 5.69 Å². The van der Waals surface area contributed by atoms with Gasteiger partial charge in [0, 0.05) is 12.7 Å². The number of anilines is 1. The van der Waals surface area contributed by atoms with Crippen LogP contribution in [-0.4, -0.2) is 16.8 Å². The number of unbranched alkanes of at least 4 members (excludes halogenated alkanes) is 2. The Hall–Kier alpha value is -1.97. The molecule has 4 heteroatoms. The number of nitrogens with one attached hydrogen (secondary N) is 2. The van der Waals surface area contributed by atoms with E-state index in [-0.39, 0.29) is 0 Å². The minimum absolute atomic E-state index is 0.787. The maximum atomic E-state index is 5.68. The van der Waals surface area contributed by atoms with Crippen LogP contribution in [-0.2, 0) is 6.54 Å². The van der Waals surface area contributed by atoms with Crippen molar-refractivity contribution < 1.29 is 4.74 Å². The first-order chi connectivity index (χ1) is 9.38. The van der Waals surface area contributed by atoms with Crippen LogP contribution in [0.1, 0.15) is 31.7 Å². The Kier molecular flexibility index (Phi) is 5.29. The summed E-state index contributed by atoms with van der Waals surface area (Å²) >= 11 is 0. The van der Waals surface area contributed by atoms with Gasteiger partial charge in [-0.15, -0.1) is 0 Å². The first-order valence-corrected chi connectivity index (χ1v) is 6.83. The zero-order chi connectivity index (χ0) is 13.3. The minimum Gasteiger partial charge on any atom is -0.494 e. The first-order valence-electron chi connectivity index (χ1n) is 6.83. The number of aromatic amines is 1. The van der Waals surface area contributed by atoms with Crippen LogP contribution >= 0.6 is 0 Å². The van der Waals surface area contributed by atoms with Crippen molar-refractivity contribution in [3.05, 3.63) is 42.2 Å². The summed E-state index contributed by atoms with van der Waals surface area (Å²) in [6.45, 7) is 3.79. The first kappa shape index (κ1) is 13.5. The monoisotopic (exact) mass is 259 g/mol. The van der Waals surface area contributed by atoms with Crippen molar-refractivity contribution in [1.29, 1.82) is 0 Å². The highest BCUT2D eigenvalue weighted by Crippen LogP contribution is 2.14. The summed E-state index contributed by atoms with van der Waals surface area (Å²) < 4.78 is 5.68. The summed E-state index contributed by atoms with van der Waals surface area (Å²) in [5.74, 6) is 0.947. The largest absolute Gasteiger partial charge is 0.494 e. The lowest BCUT2D eigenvalue weighted by molar-refractivity contribution is 0.306. The standard InChI is InChI=1S/C15H21N3O/c1-2-3-4-9-19-15-7-5-13(6-8-15)10-16-14-11-17-18-12-14/h5-8,11-12,16H,2-4,9-10H2,1H3,(H,17,18). The number of ether oxygens (including phenoxy) is 1. The van der Waals surface area contributed by atoms with E-state index in [1.54, 1.807) is 6.20 Å². The van der Waals surface area contributed by atoms with Gasteiger partial charge in [0.2, 0.25) is 0 Å². The highest BCUT2D eigenvalue weighted by molar-refractivity contribution is 5.39. The summed E-state index contributed by atoms with van der Waals surface area (Å²) in [5, 5.41) is 9.95. The van der Waals surface area contributed by atoms with E-state index in [1.165, 1.54) is 18.4 Å². The molecule has 0 aliphatic rings. The van der Waals surface area contributed by atoms with E-state index in [9.17, 15) is 0 Å². The molecule has 0 fully saturated rings. The lowest BCUT2D eigenvalue weighted by Crippen LogP contribution is -1.99. The molecular formula is C15H21N3O. The number of rotatable bonds is 8. The van der Waals surface area contributed by atoms with Gasteiger partial charge in [-0.05, 0) is 24.1 Å². The number of nitrogens with zero attached hydrogens (tertiary/aromatic N) is 1. The average molecular weight is 259 g/mol. The minimum atomic E-state index is 0.787. The predicted octanol–water partition coefficient (Wildman–Crippen LogP) is 3.59. The number of benzene rings is 1. The molecule has 1 aromatic carbocycles. The van der Waals surface area contributed by atoms with Crippen molar-refractivity contribution in [3.8, 4) is 5.75 Å². The summed E-state index contributed by atoms with van der Waals surface area (Å²) in [6.07, 6.45) is 7.19. The van der Waals surface area contributed by atoms with Gasteiger partial charge in [-0.3, -0.25) is 5.10 Å². The molecule has 0 aliphatic carbocycles. The highest BCUT2D eigenvalue weighted by atomic mass is 16.5.